The number of carbonyl (C=O) groups excluding carboxylic acids is 1. The molecule has 0 radical (unpaired) electrons. The number of thiol groups is 1. The van der Waals surface area contributed by atoms with Crippen molar-refractivity contribution in [1.82, 2.24) is 0 Å². The molecular formula is C11H23NO2S. The zero-order valence-electron chi connectivity index (χ0n) is 9.74. The summed E-state index contributed by atoms with van der Waals surface area (Å²) in [5.74, 6) is 0.650. The van der Waals surface area contributed by atoms with Crippen LogP contribution in [0.1, 0.15) is 39.5 Å². The summed E-state index contributed by atoms with van der Waals surface area (Å²) in [6.07, 6.45) is 3.39. The largest absolute Gasteiger partial charge is 0.465 e. The molecule has 0 aliphatic carbocycles. The Morgan fingerprint density at radius 3 is 2.60 bits per heavy atom. The van der Waals surface area contributed by atoms with Crippen LogP contribution in [0.2, 0.25) is 0 Å². The Morgan fingerprint density at radius 1 is 1.47 bits per heavy atom. The van der Waals surface area contributed by atoms with Gasteiger partial charge in [-0.15, -0.1) is 0 Å². The minimum atomic E-state index is -0.174. The van der Waals surface area contributed by atoms with Gasteiger partial charge in [0.1, 0.15) is 0 Å². The minimum Gasteiger partial charge on any atom is -0.465 e. The number of esters is 1. The second-order valence-electron chi connectivity index (χ2n) is 3.78. The van der Waals surface area contributed by atoms with Gasteiger partial charge in [0.2, 0.25) is 0 Å². The van der Waals surface area contributed by atoms with Crippen molar-refractivity contribution in [2.24, 2.45) is 11.7 Å². The van der Waals surface area contributed by atoms with Crippen molar-refractivity contribution in [3.8, 4) is 0 Å². The Hall–Kier alpha value is -0.220. The van der Waals surface area contributed by atoms with Gasteiger partial charge in [-0.2, -0.15) is 12.6 Å². The summed E-state index contributed by atoms with van der Waals surface area (Å²) in [6.45, 7) is 4.64. The van der Waals surface area contributed by atoms with Crippen molar-refractivity contribution in [1.29, 1.82) is 0 Å². The normalized spacial score (nSPS) is 14.7. The Kier molecular flexibility index (Phi) is 8.91. The standard InChI is InChI=1S/C11H23NO2S/c1-3-5-10(12)9(4-2)8-14-11(13)6-7-15/h9-10,15H,3-8,12H2,1-2H3. The number of rotatable bonds is 8. The molecule has 0 aliphatic rings. The number of ether oxygens (including phenoxy) is 1. The van der Waals surface area contributed by atoms with Crippen LogP contribution in [0.25, 0.3) is 0 Å². The van der Waals surface area contributed by atoms with Crippen molar-refractivity contribution in [2.75, 3.05) is 12.4 Å². The first-order valence-corrected chi connectivity index (χ1v) is 6.30. The summed E-state index contributed by atoms with van der Waals surface area (Å²) in [4.78, 5) is 11.1. The van der Waals surface area contributed by atoms with Crippen LogP contribution in [0.5, 0.6) is 0 Å². The molecule has 0 saturated carbocycles. The molecule has 2 N–H and O–H groups in total. The number of hydrogen-bond donors (Lipinski definition) is 2. The molecular weight excluding hydrogens is 210 g/mol. The second-order valence-corrected chi connectivity index (χ2v) is 4.22. The molecule has 0 bridgehead atoms. The van der Waals surface area contributed by atoms with Gasteiger partial charge in [0.25, 0.3) is 0 Å². The third-order valence-electron chi connectivity index (χ3n) is 2.53. The van der Waals surface area contributed by atoms with Crippen LogP contribution in [0, 0.1) is 5.92 Å². The van der Waals surface area contributed by atoms with E-state index in [-0.39, 0.29) is 17.9 Å². The topological polar surface area (TPSA) is 52.3 Å². The maximum absolute atomic E-state index is 11.1. The Morgan fingerprint density at radius 2 is 2.13 bits per heavy atom. The van der Waals surface area contributed by atoms with Crippen LogP contribution in [0.15, 0.2) is 0 Å². The predicted octanol–water partition coefficient (Wildman–Crippen LogP) is 2.00. The molecule has 15 heavy (non-hydrogen) atoms. The van der Waals surface area contributed by atoms with Gasteiger partial charge >= 0.3 is 5.97 Å². The van der Waals surface area contributed by atoms with Gasteiger partial charge in [0, 0.05) is 17.7 Å². The van der Waals surface area contributed by atoms with Gasteiger partial charge < -0.3 is 10.5 Å². The molecule has 0 spiro atoms. The molecule has 0 fully saturated rings. The van der Waals surface area contributed by atoms with E-state index in [0.29, 0.717) is 18.8 Å². The van der Waals surface area contributed by atoms with Crippen LogP contribution in [-0.2, 0) is 9.53 Å². The molecule has 2 unspecified atom stereocenters. The lowest BCUT2D eigenvalue weighted by molar-refractivity contribution is -0.144. The molecule has 90 valence electrons. The Bertz CT molecular complexity index is 176. The zero-order chi connectivity index (χ0) is 11.7. The highest BCUT2D eigenvalue weighted by Crippen LogP contribution is 2.12. The van der Waals surface area contributed by atoms with Crippen LogP contribution in [0.3, 0.4) is 0 Å². The molecule has 0 saturated heterocycles. The van der Waals surface area contributed by atoms with Gasteiger partial charge in [0.15, 0.2) is 0 Å². The van der Waals surface area contributed by atoms with Crippen LogP contribution in [0.4, 0.5) is 0 Å². The van der Waals surface area contributed by atoms with Crippen LogP contribution < -0.4 is 5.73 Å². The zero-order valence-corrected chi connectivity index (χ0v) is 10.6. The quantitative estimate of drug-likeness (QED) is 0.498. The third kappa shape index (κ3) is 6.79. The SMILES string of the molecule is CCCC(N)C(CC)COC(=O)CCS. The summed E-state index contributed by atoms with van der Waals surface area (Å²) < 4.78 is 5.14. The molecule has 2 atom stereocenters. The van der Waals surface area contributed by atoms with Gasteiger partial charge in [-0.05, 0) is 12.8 Å². The molecule has 4 heteroatoms. The van der Waals surface area contributed by atoms with Gasteiger partial charge in [-0.3, -0.25) is 4.79 Å². The monoisotopic (exact) mass is 233 g/mol. The highest BCUT2D eigenvalue weighted by atomic mass is 32.1. The maximum Gasteiger partial charge on any atom is 0.306 e. The Balaban J connectivity index is 3.83. The average molecular weight is 233 g/mol. The lowest BCUT2D eigenvalue weighted by atomic mass is 9.95. The summed E-state index contributed by atoms with van der Waals surface area (Å²) in [7, 11) is 0. The number of hydrogen-bond acceptors (Lipinski definition) is 4. The number of carbonyl (C=O) groups is 1. The Labute approximate surface area is 98.2 Å². The lowest BCUT2D eigenvalue weighted by Crippen LogP contribution is -2.33. The van der Waals surface area contributed by atoms with Crippen molar-refractivity contribution in [3.05, 3.63) is 0 Å². The highest BCUT2D eigenvalue weighted by molar-refractivity contribution is 7.80. The van der Waals surface area contributed by atoms with Gasteiger partial charge in [-0.25, -0.2) is 0 Å². The second kappa shape index (κ2) is 9.04. The van der Waals surface area contributed by atoms with Gasteiger partial charge in [-0.1, -0.05) is 20.3 Å². The van der Waals surface area contributed by atoms with Gasteiger partial charge in [0.05, 0.1) is 13.0 Å². The van der Waals surface area contributed by atoms with E-state index in [9.17, 15) is 4.79 Å². The average Bonchev–Trinajstić information content (AvgIpc) is 2.19. The van der Waals surface area contributed by atoms with Crippen molar-refractivity contribution in [3.63, 3.8) is 0 Å². The molecule has 0 amide bonds. The van der Waals surface area contributed by atoms with E-state index in [0.717, 1.165) is 19.3 Å². The minimum absolute atomic E-state index is 0.142. The van der Waals surface area contributed by atoms with E-state index in [4.69, 9.17) is 10.5 Å². The van der Waals surface area contributed by atoms with Crippen molar-refractivity contribution >= 4 is 18.6 Å². The molecule has 3 nitrogen and oxygen atoms in total. The maximum atomic E-state index is 11.1. The van der Waals surface area contributed by atoms with E-state index in [1.165, 1.54) is 0 Å². The van der Waals surface area contributed by atoms with E-state index in [1.54, 1.807) is 0 Å². The third-order valence-corrected chi connectivity index (χ3v) is 2.75. The first-order chi connectivity index (χ1) is 7.15. The fourth-order valence-electron chi connectivity index (χ4n) is 1.48. The smallest absolute Gasteiger partial charge is 0.306 e. The highest BCUT2D eigenvalue weighted by Gasteiger charge is 2.16. The van der Waals surface area contributed by atoms with Crippen molar-refractivity contribution < 1.29 is 9.53 Å². The number of nitrogens with two attached hydrogens (primary N) is 1. The first-order valence-electron chi connectivity index (χ1n) is 5.67. The van der Waals surface area contributed by atoms with E-state index < -0.39 is 0 Å². The fraction of sp³-hybridized carbons (Fsp3) is 0.909. The van der Waals surface area contributed by atoms with Crippen molar-refractivity contribution in [2.45, 2.75) is 45.6 Å². The molecule has 0 heterocycles. The summed E-state index contributed by atoms with van der Waals surface area (Å²) in [5.41, 5.74) is 5.99. The lowest BCUT2D eigenvalue weighted by Gasteiger charge is -2.21. The molecule has 0 aromatic carbocycles. The van der Waals surface area contributed by atoms with E-state index in [2.05, 4.69) is 26.5 Å². The summed E-state index contributed by atoms with van der Waals surface area (Å²) >= 11 is 3.98. The van der Waals surface area contributed by atoms with E-state index in [1.807, 2.05) is 0 Å². The predicted molar refractivity (Wildman–Crippen MR) is 66.1 cm³/mol. The molecule has 0 aromatic rings. The molecule has 0 rings (SSSR count). The van der Waals surface area contributed by atoms with E-state index >= 15 is 0 Å². The molecule has 0 aromatic heterocycles. The summed E-state index contributed by atoms with van der Waals surface area (Å²) in [5, 5.41) is 0. The van der Waals surface area contributed by atoms with Crippen LogP contribution >= 0.6 is 12.6 Å². The summed E-state index contributed by atoms with van der Waals surface area (Å²) in [6, 6.07) is 0.142. The first kappa shape index (κ1) is 14.8. The molecule has 0 aliphatic heterocycles. The van der Waals surface area contributed by atoms with Crippen LogP contribution in [-0.4, -0.2) is 24.4 Å². The fourth-order valence-corrected chi connectivity index (χ4v) is 1.66.